The van der Waals surface area contributed by atoms with Crippen molar-refractivity contribution >= 4 is 22.8 Å². The highest BCUT2D eigenvalue weighted by Gasteiger charge is 2.29. The Morgan fingerprint density at radius 2 is 1.64 bits per heavy atom. The molecule has 0 saturated heterocycles. The fourth-order valence-corrected chi connectivity index (χ4v) is 4.87. The predicted octanol–water partition coefficient (Wildman–Crippen LogP) is 4.74. The van der Waals surface area contributed by atoms with Crippen LogP contribution in [0.25, 0.3) is 11.2 Å². The number of aromatic nitrogens is 4. The Labute approximate surface area is 195 Å². The highest BCUT2D eigenvalue weighted by Crippen LogP contribution is 2.32. The lowest BCUT2D eigenvalue weighted by atomic mass is 10.1. The molecule has 1 unspecified atom stereocenters. The molecule has 7 nitrogen and oxygen atoms in total. The Morgan fingerprint density at radius 1 is 0.970 bits per heavy atom. The molecular weight excluding hydrogens is 414 g/mol. The molecule has 0 radical (unpaired) electrons. The lowest BCUT2D eigenvalue weighted by Gasteiger charge is -2.33. The molecule has 2 aromatic heterocycles. The Bertz CT molecular complexity index is 1220. The molecule has 1 aliphatic rings. The quantitative estimate of drug-likeness (QED) is 0.441. The summed E-state index contributed by atoms with van der Waals surface area (Å²) in [6, 6.07) is 8.36. The summed E-state index contributed by atoms with van der Waals surface area (Å²) in [4.78, 5) is 33.5. The third-order valence-electron chi connectivity index (χ3n) is 6.77. The van der Waals surface area contributed by atoms with E-state index in [0.717, 1.165) is 44.0 Å². The number of fused-ring (bicyclic) bond motifs is 3. The second-order valence-electron chi connectivity index (χ2n) is 9.67. The van der Waals surface area contributed by atoms with Crippen LogP contribution in [0.3, 0.4) is 0 Å². The first kappa shape index (κ1) is 23.3. The molecule has 0 fully saturated rings. The minimum Gasteiger partial charge on any atom is -0.312 e. The van der Waals surface area contributed by atoms with Crippen molar-refractivity contribution in [3.63, 3.8) is 0 Å². The van der Waals surface area contributed by atoms with Crippen LogP contribution in [-0.4, -0.2) is 25.2 Å². The highest BCUT2D eigenvalue weighted by atomic mass is 16.2. The second-order valence-corrected chi connectivity index (χ2v) is 9.67. The Morgan fingerprint density at radius 3 is 2.33 bits per heavy atom. The van der Waals surface area contributed by atoms with Crippen LogP contribution in [0.5, 0.6) is 0 Å². The van der Waals surface area contributed by atoms with Crippen LogP contribution in [0.4, 0.5) is 11.6 Å². The molecule has 1 aliphatic heterocycles. The molecule has 178 valence electrons. The van der Waals surface area contributed by atoms with Crippen molar-refractivity contribution in [2.75, 3.05) is 11.4 Å². The molecule has 0 aliphatic carbocycles. The fraction of sp³-hybridized carbons (Fsp3) is 0.577. The molecule has 3 heterocycles. The Kier molecular flexibility index (Phi) is 7.05. The molecule has 7 heteroatoms. The maximum absolute atomic E-state index is 13.5. The molecule has 0 spiro atoms. The van der Waals surface area contributed by atoms with Gasteiger partial charge in [0.25, 0.3) is 5.56 Å². The summed E-state index contributed by atoms with van der Waals surface area (Å²) in [5, 5.41) is 0. The maximum Gasteiger partial charge on any atom is 0.332 e. The molecule has 1 aromatic carbocycles. The molecular formula is C26H37N5O2. The molecule has 1 atom stereocenters. The molecule has 0 N–H and O–H groups in total. The summed E-state index contributed by atoms with van der Waals surface area (Å²) < 4.78 is 4.98. The first-order valence-electron chi connectivity index (χ1n) is 12.5. The summed E-state index contributed by atoms with van der Waals surface area (Å²) in [6.07, 6.45) is 8.05. The van der Waals surface area contributed by atoms with Crippen molar-refractivity contribution in [3.05, 3.63) is 50.7 Å². The van der Waals surface area contributed by atoms with E-state index in [1.165, 1.54) is 35.8 Å². The van der Waals surface area contributed by atoms with Gasteiger partial charge in [0, 0.05) is 32.4 Å². The summed E-state index contributed by atoms with van der Waals surface area (Å²) in [7, 11) is 1.73. The van der Waals surface area contributed by atoms with Crippen molar-refractivity contribution in [1.29, 1.82) is 0 Å². The highest BCUT2D eigenvalue weighted by molar-refractivity contribution is 5.77. The van der Waals surface area contributed by atoms with Crippen molar-refractivity contribution in [2.45, 2.75) is 78.8 Å². The standard InChI is InChI=1S/C26H37N5O2/c1-5-6-7-8-9-10-11-16-29-24(32)22-23(28(4)26(29)33)27-25-30(17-20(3)18-31(22)25)21-14-12-19(2)13-15-21/h12-15,20H,5-11,16-18H2,1-4H3. The number of hydrogen-bond acceptors (Lipinski definition) is 4. The summed E-state index contributed by atoms with van der Waals surface area (Å²) in [6.45, 7) is 8.49. The van der Waals surface area contributed by atoms with E-state index in [9.17, 15) is 9.59 Å². The van der Waals surface area contributed by atoms with E-state index in [2.05, 4.69) is 49.9 Å². The SMILES string of the molecule is CCCCCCCCCn1c(=O)c2c(nc3n2CC(C)CN3c2ccc(C)cc2)n(C)c1=O. The second kappa shape index (κ2) is 9.98. The van der Waals surface area contributed by atoms with Gasteiger partial charge in [-0.25, -0.2) is 4.79 Å². The van der Waals surface area contributed by atoms with Gasteiger partial charge in [0.2, 0.25) is 5.95 Å². The number of nitrogens with zero attached hydrogens (tertiary/aromatic N) is 5. The topological polar surface area (TPSA) is 65.1 Å². The molecule has 0 amide bonds. The van der Waals surface area contributed by atoms with Gasteiger partial charge in [0.05, 0.1) is 0 Å². The van der Waals surface area contributed by atoms with Gasteiger partial charge in [-0.3, -0.25) is 13.9 Å². The molecule has 4 rings (SSSR count). The van der Waals surface area contributed by atoms with E-state index >= 15 is 0 Å². The number of benzene rings is 1. The third kappa shape index (κ3) is 4.63. The largest absolute Gasteiger partial charge is 0.332 e. The van der Waals surface area contributed by atoms with E-state index in [4.69, 9.17) is 4.98 Å². The zero-order chi connectivity index (χ0) is 23.5. The maximum atomic E-state index is 13.5. The lowest BCUT2D eigenvalue weighted by Crippen LogP contribution is -2.40. The number of hydrogen-bond donors (Lipinski definition) is 0. The van der Waals surface area contributed by atoms with Gasteiger partial charge >= 0.3 is 5.69 Å². The lowest BCUT2D eigenvalue weighted by molar-refractivity contribution is 0.457. The normalized spacial score (nSPS) is 15.9. The predicted molar refractivity (Wildman–Crippen MR) is 135 cm³/mol. The van der Waals surface area contributed by atoms with E-state index in [1.807, 2.05) is 4.57 Å². The number of rotatable bonds is 9. The molecule has 3 aromatic rings. The van der Waals surface area contributed by atoms with Crippen molar-refractivity contribution < 1.29 is 0 Å². The first-order chi connectivity index (χ1) is 15.9. The summed E-state index contributed by atoms with van der Waals surface area (Å²) >= 11 is 0. The van der Waals surface area contributed by atoms with Gasteiger partial charge in [0.1, 0.15) is 0 Å². The van der Waals surface area contributed by atoms with Crippen molar-refractivity contribution in [2.24, 2.45) is 13.0 Å². The Hall–Kier alpha value is -2.83. The third-order valence-corrected chi connectivity index (χ3v) is 6.77. The van der Waals surface area contributed by atoms with Crippen LogP contribution < -0.4 is 16.1 Å². The number of imidazole rings is 1. The van der Waals surface area contributed by atoms with Crippen LogP contribution in [0.1, 0.15) is 64.4 Å². The molecule has 0 bridgehead atoms. The van der Waals surface area contributed by atoms with Gasteiger partial charge < -0.3 is 9.47 Å². The average Bonchev–Trinajstić information content (AvgIpc) is 3.18. The van der Waals surface area contributed by atoms with Gasteiger partial charge in [-0.05, 0) is 31.4 Å². The summed E-state index contributed by atoms with van der Waals surface area (Å²) in [5.74, 6) is 1.09. The number of aryl methyl sites for hydroxylation is 2. The van der Waals surface area contributed by atoms with Crippen LogP contribution in [0.2, 0.25) is 0 Å². The van der Waals surface area contributed by atoms with Gasteiger partial charge in [-0.1, -0.05) is 70.1 Å². The Balaban J connectivity index is 1.67. The van der Waals surface area contributed by atoms with Crippen molar-refractivity contribution in [1.82, 2.24) is 18.7 Å². The smallest absolute Gasteiger partial charge is 0.312 e. The van der Waals surface area contributed by atoms with Crippen LogP contribution >= 0.6 is 0 Å². The van der Waals surface area contributed by atoms with Gasteiger partial charge in [0.15, 0.2) is 11.2 Å². The van der Waals surface area contributed by atoms with Crippen LogP contribution in [0.15, 0.2) is 33.9 Å². The monoisotopic (exact) mass is 451 g/mol. The zero-order valence-electron chi connectivity index (χ0n) is 20.5. The number of anilines is 2. The van der Waals surface area contributed by atoms with E-state index in [0.29, 0.717) is 23.6 Å². The average molecular weight is 452 g/mol. The zero-order valence-corrected chi connectivity index (χ0v) is 20.5. The van der Waals surface area contributed by atoms with Gasteiger partial charge in [-0.2, -0.15) is 4.98 Å². The number of unbranched alkanes of at least 4 members (excludes halogenated alkanes) is 6. The fourth-order valence-electron chi connectivity index (χ4n) is 4.87. The summed E-state index contributed by atoms with van der Waals surface area (Å²) in [5.41, 5.74) is 2.78. The van der Waals surface area contributed by atoms with Crippen LogP contribution in [-0.2, 0) is 20.1 Å². The molecule has 0 saturated carbocycles. The van der Waals surface area contributed by atoms with E-state index in [1.54, 1.807) is 11.6 Å². The van der Waals surface area contributed by atoms with Crippen LogP contribution in [0, 0.1) is 12.8 Å². The van der Waals surface area contributed by atoms with Crippen molar-refractivity contribution in [3.8, 4) is 0 Å². The van der Waals surface area contributed by atoms with E-state index < -0.39 is 0 Å². The minimum absolute atomic E-state index is 0.212. The molecule has 33 heavy (non-hydrogen) atoms. The minimum atomic E-state index is -0.274. The van der Waals surface area contributed by atoms with E-state index in [-0.39, 0.29) is 11.2 Å². The first-order valence-corrected chi connectivity index (χ1v) is 12.5. The van der Waals surface area contributed by atoms with Gasteiger partial charge in [-0.15, -0.1) is 0 Å².